The van der Waals surface area contributed by atoms with Gasteiger partial charge in [-0.05, 0) is 18.1 Å². The summed E-state index contributed by atoms with van der Waals surface area (Å²) in [5.74, 6) is 0.970. The molecule has 152 valence electrons. The van der Waals surface area contributed by atoms with Crippen molar-refractivity contribution in [3.8, 4) is 17.2 Å². The second-order valence-electron chi connectivity index (χ2n) is 7.19. The Hall–Kier alpha value is -2.52. The Bertz CT molecular complexity index is 775. The van der Waals surface area contributed by atoms with E-state index in [1.165, 1.54) is 0 Å². The highest BCUT2D eigenvalue weighted by atomic mass is 16.7. The maximum atomic E-state index is 12.7. The van der Waals surface area contributed by atoms with Gasteiger partial charge in [0.05, 0.1) is 12.2 Å². The van der Waals surface area contributed by atoms with Crippen LogP contribution in [0.15, 0.2) is 6.07 Å². The topological polar surface area (TPSA) is 91.8 Å². The van der Waals surface area contributed by atoms with E-state index in [0.717, 1.165) is 18.7 Å². The summed E-state index contributed by atoms with van der Waals surface area (Å²) in [5, 5.41) is 9.02. The average molecular weight is 391 g/mol. The Morgan fingerprint density at radius 1 is 1.21 bits per heavy atom. The molecule has 4 rings (SSSR count). The summed E-state index contributed by atoms with van der Waals surface area (Å²) >= 11 is 0. The molecule has 1 aromatic rings. The number of carbonyl (C=O) groups excluding carboxylic acids is 2. The largest absolute Gasteiger partial charge is 0.479 e. The molecule has 0 unspecified atom stereocenters. The van der Waals surface area contributed by atoms with Crippen LogP contribution in [-0.2, 0) is 11.2 Å². The molecule has 0 radical (unpaired) electrons. The Kier molecular flexibility index (Phi) is 5.27. The van der Waals surface area contributed by atoms with Gasteiger partial charge in [0.1, 0.15) is 0 Å². The number of piperazine rings is 1. The van der Waals surface area contributed by atoms with E-state index in [1.807, 2.05) is 6.07 Å². The van der Waals surface area contributed by atoms with Crippen LogP contribution in [0.4, 0.5) is 0 Å². The molecule has 3 aliphatic rings. The standard InChI is InChI=1S/C19H25N3O6/c1-20-3-2-13-10-14-17(28-12-27-14)18(16(13)19(20)25)26-11-15(24)22-6-4-21(5-7-22)8-9-23/h10,23H,2-9,11-12H2,1H3. The molecule has 28 heavy (non-hydrogen) atoms. The van der Waals surface area contributed by atoms with Crippen molar-refractivity contribution in [2.45, 2.75) is 6.42 Å². The molecule has 0 aliphatic carbocycles. The lowest BCUT2D eigenvalue weighted by Crippen LogP contribution is -2.50. The van der Waals surface area contributed by atoms with E-state index in [4.69, 9.17) is 19.3 Å². The third kappa shape index (κ3) is 3.47. The lowest BCUT2D eigenvalue weighted by molar-refractivity contribution is -0.135. The molecule has 9 heteroatoms. The summed E-state index contributed by atoms with van der Waals surface area (Å²) in [6.45, 7) is 3.90. The molecule has 1 saturated heterocycles. The molecule has 3 heterocycles. The fraction of sp³-hybridized carbons (Fsp3) is 0.579. The van der Waals surface area contributed by atoms with Gasteiger partial charge in [-0.2, -0.15) is 0 Å². The summed E-state index contributed by atoms with van der Waals surface area (Å²) in [6, 6.07) is 1.83. The molecule has 0 bridgehead atoms. The SMILES string of the molecule is CN1CCc2cc3c(c(OCC(=O)N4CCN(CCO)CC4)c2C1=O)OCO3. The van der Waals surface area contributed by atoms with Crippen LogP contribution in [0.25, 0.3) is 0 Å². The van der Waals surface area contributed by atoms with Crippen LogP contribution in [0.2, 0.25) is 0 Å². The Morgan fingerprint density at radius 2 is 2.00 bits per heavy atom. The number of benzene rings is 1. The molecular weight excluding hydrogens is 366 g/mol. The number of carbonyl (C=O) groups is 2. The molecule has 0 saturated carbocycles. The first-order valence-corrected chi connectivity index (χ1v) is 9.53. The van der Waals surface area contributed by atoms with E-state index in [1.54, 1.807) is 16.8 Å². The van der Waals surface area contributed by atoms with Crippen molar-refractivity contribution in [2.75, 3.05) is 66.3 Å². The summed E-state index contributed by atoms with van der Waals surface area (Å²) < 4.78 is 16.9. The summed E-state index contributed by atoms with van der Waals surface area (Å²) in [7, 11) is 1.75. The number of hydrogen-bond acceptors (Lipinski definition) is 7. The van der Waals surface area contributed by atoms with Gasteiger partial charge in [-0.3, -0.25) is 14.5 Å². The van der Waals surface area contributed by atoms with Gasteiger partial charge in [0, 0.05) is 46.3 Å². The molecule has 0 spiro atoms. The van der Waals surface area contributed by atoms with E-state index >= 15 is 0 Å². The lowest BCUT2D eigenvalue weighted by Gasteiger charge is -2.34. The molecule has 0 atom stereocenters. The van der Waals surface area contributed by atoms with Crippen LogP contribution in [0.5, 0.6) is 17.2 Å². The summed E-state index contributed by atoms with van der Waals surface area (Å²) in [6.07, 6.45) is 0.700. The van der Waals surface area contributed by atoms with Gasteiger partial charge in [-0.1, -0.05) is 0 Å². The number of aliphatic hydroxyl groups is 1. The van der Waals surface area contributed by atoms with Crippen molar-refractivity contribution in [3.05, 3.63) is 17.2 Å². The molecule has 3 aliphatic heterocycles. The quantitative estimate of drug-likeness (QED) is 0.728. The van der Waals surface area contributed by atoms with Gasteiger partial charge in [0.15, 0.2) is 18.1 Å². The van der Waals surface area contributed by atoms with E-state index in [2.05, 4.69) is 4.90 Å². The second kappa shape index (κ2) is 7.84. The van der Waals surface area contributed by atoms with Crippen LogP contribution in [0.3, 0.4) is 0 Å². The van der Waals surface area contributed by atoms with Crippen LogP contribution in [-0.4, -0.2) is 97.9 Å². The smallest absolute Gasteiger partial charge is 0.260 e. The van der Waals surface area contributed by atoms with Crippen molar-refractivity contribution in [2.24, 2.45) is 0 Å². The van der Waals surface area contributed by atoms with Crippen molar-refractivity contribution < 1.29 is 28.9 Å². The number of fused-ring (bicyclic) bond motifs is 2. The van der Waals surface area contributed by atoms with Gasteiger partial charge in [-0.25, -0.2) is 0 Å². The zero-order chi connectivity index (χ0) is 19.7. The third-order valence-corrected chi connectivity index (χ3v) is 5.46. The van der Waals surface area contributed by atoms with Crippen molar-refractivity contribution in [1.82, 2.24) is 14.7 Å². The monoisotopic (exact) mass is 391 g/mol. The molecule has 0 aromatic heterocycles. The Balaban J connectivity index is 1.49. The van der Waals surface area contributed by atoms with E-state index in [9.17, 15) is 9.59 Å². The third-order valence-electron chi connectivity index (χ3n) is 5.46. The molecular formula is C19H25N3O6. The minimum atomic E-state index is -0.163. The highest BCUT2D eigenvalue weighted by Crippen LogP contribution is 2.46. The Labute approximate surface area is 163 Å². The summed E-state index contributed by atoms with van der Waals surface area (Å²) in [5.41, 5.74) is 1.31. The van der Waals surface area contributed by atoms with Crippen LogP contribution >= 0.6 is 0 Å². The van der Waals surface area contributed by atoms with Crippen molar-refractivity contribution in [1.29, 1.82) is 0 Å². The zero-order valence-corrected chi connectivity index (χ0v) is 16.0. The van der Waals surface area contributed by atoms with Gasteiger partial charge >= 0.3 is 0 Å². The number of likely N-dealkylation sites (N-methyl/N-ethyl adjacent to an activating group) is 1. The number of rotatable bonds is 5. The number of hydrogen-bond donors (Lipinski definition) is 1. The van der Waals surface area contributed by atoms with Crippen molar-refractivity contribution >= 4 is 11.8 Å². The first-order chi connectivity index (χ1) is 13.6. The zero-order valence-electron chi connectivity index (χ0n) is 16.0. The van der Waals surface area contributed by atoms with Gasteiger partial charge < -0.3 is 29.1 Å². The highest BCUT2D eigenvalue weighted by Gasteiger charge is 2.33. The number of ether oxygens (including phenoxy) is 3. The first-order valence-electron chi connectivity index (χ1n) is 9.53. The maximum Gasteiger partial charge on any atom is 0.260 e. The van der Waals surface area contributed by atoms with Crippen LogP contribution < -0.4 is 14.2 Å². The second-order valence-corrected chi connectivity index (χ2v) is 7.19. The van der Waals surface area contributed by atoms with Gasteiger partial charge in [-0.15, -0.1) is 0 Å². The predicted molar refractivity (Wildman–Crippen MR) is 98.8 cm³/mol. The van der Waals surface area contributed by atoms with Gasteiger partial charge in [0.2, 0.25) is 12.5 Å². The number of nitrogens with zero attached hydrogens (tertiary/aromatic N) is 3. The van der Waals surface area contributed by atoms with Crippen molar-refractivity contribution in [3.63, 3.8) is 0 Å². The predicted octanol–water partition coefficient (Wildman–Crippen LogP) is -0.441. The molecule has 1 aromatic carbocycles. The average Bonchev–Trinajstić information content (AvgIpc) is 3.17. The number of β-amino-alcohol motifs (C(OH)–C–C–N with tert-alkyl or cyclic N) is 1. The van der Waals surface area contributed by atoms with Gasteiger partial charge in [0.25, 0.3) is 11.8 Å². The van der Waals surface area contributed by atoms with E-state index < -0.39 is 0 Å². The fourth-order valence-corrected chi connectivity index (χ4v) is 3.80. The molecule has 1 fully saturated rings. The molecule has 9 nitrogen and oxygen atoms in total. The number of aliphatic hydroxyl groups excluding tert-OH is 1. The highest BCUT2D eigenvalue weighted by molar-refractivity contribution is 6.01. The molecule has 1 N–H and O–H groups in total. The first kappa shape index (κ1) is 18.8. The van der Waals surface area contributed by atoms with E-state index in [0.29, 0.717) is 55.4 Å². The lowest BCUT2D eigenvalue weighted by atomic mass is 9.97. The Morgan fingerprint density at radius 3 is 2.75 bits per heavy atom. The van der Waals surface area contributed by atoms with E-state index in [-0.39, 0.29) is 31.8 Å². The molecule has 2 amide bonds. The minimum Gasteiger partial charge on any atom is -0.479 e. The number of amides is 2. The van der Waals surface area contributed by atoms with Crippen LogP contribution in [0.1, 0.15) is 15.9 Å². The maximum absolute atomic E-state index is 12.7. The summed E-state index contributed by atoms with van der Waals surface area (Å²) in [4.78, 5) is 30.8. The fourth-order valence-electron chi connectivity index (χ4n) is 3.80. The minimum absolute atomic E-state index is 0.0688. The van der Waals surface area contributed by atoms with Crippen LogP contribution in [0, 0.1) is 0 Å². The normalized spacial score (nSPS) is 19.0.